The Morgan fingerprint density at radius 3 is 2.50 bits per heavy atom. The number of piperidine rings is 3. The summed E-state index contributed by atoms with van der Waals surface area (Å²) in [4.78, 5) is 0. The summed E-state index contributed by atoms with van der Waals surface area (Å²) in [6.07, 6.45) is 3.80. The number of fused-ring (bicyclic) bond motifs is 3. The van der Waals surface area contributed by atoms with E-state index in [4.69, 9.17) is 0 Å². The van der Waals surface area contributed by atoms with Crippen LogP contribution in [0.15, 0.2) is 0 Å². The van der Waals surface area contributed by atoms with Crippen molar-refractivity contribution in [3.8, 4) is 0 Å². The number of hydrogen-bond donors (Lipinski definition) is 1. The van der Waals surface area contributed by atoms with Crippen molar-refractivity contribution in [2.75, 3.05) is 26.2 Å². The molecule has 0 aromatic carbocycles. The number of aliphatic hydroxyl groups excluding tert-OH is 1. The van der Waals surface area contributed by atoms with Crippen LogP contribution in [-0.2, 0) is 0 Å². The summed E-state index contributed by atoms with van der Waals surface area (Å²) in [5, 5.41) is 9.78. The number of rotatable bonds is 2. The average Bonchev–Trinajstić information content (AvgIpc) is 2.05. The van der Waals surface area contributed by atoms with Crippen LogP contribution in [0.25, 0.3) is 0 Å². The van der Waals surface area contributed by atoms with Crippen LogP contribution in [0.2, 0.25) is 0 Å². The lowest BCUT2D eigenvalue weighted by Crippen LogP contribution is -2.63. The maximum atomic E-state index is 9.78. The first kappa shape index (κ1) is 8.52. The van der Waals surface area contributed by atoms with Crippen LogP contribution in [0, 0.1) is 5.92 Å². The Kier molecular flexibility index (Phi) is 2.13. The van der Waals surface area contributed by atoms with Gasteiger partial charge in [-0.05, 0) is 6.42 Å². The summed E-state index contributed by atoms with van der Waals surface area (Å²) < 4.78 is 1.22. The molecule has 3 aliphatic rings. The van der Waals surface area contributed by atoms with Crippen molar-refractivity contribution >= 4 is 0 Å². The van der Waals surface area contributed by atoms with Gasteiger partial charge in [-0.25, -0.2) is 0 Å². The third-order valence-corrected chi connectivity index (χ3v) is 3.76. The second-order valence-corrected chi connectivity index (χ2v) is 4.60. The van der Waals surface area contributed by atoms with E-state index >= 15 is 0 Å². The highest BCUT2D eigenvalue weighted by molar-refractivity contribution is 4.79. The van der Waals surface area contributed by atoms with Crippen LogP contribution >= 0.6 is 0 Å². The number of nitrogens with zero attached hydrogens (tertiary/aromatic N) is 1. The molecule has 3 heterocycles. The molecule has 0 aliphatic carbocycles. The quantitative estimate of drug-likeness (QED) is 0.613. The fraction of sp³-hybridized carbons (Fsp3) is 1.00. The number of hydrogen-bond acceptors (Lipinski definition) is 1. The first-order valence-corrected chi connectivity index (χ1v) is 5.29. The van der Waals surface area contributed by atoms with Gasteiger partial charge < -0.3 is 9.59 Å². The van der Waals surface area contributed by atoms with Gasteiger partial charge in [0.2, 0.25) is 0 Å². The standard InChI is InChI=1S/C10H20NO/c1-2-5-11-6-3-9(4-7-11)10(12)8-11/h9-10,12H,2-8H2,1H3/q+1/t9?,10-,11?/m1/s1. The molecule has 0 spiro atoms. The molecule has 3 aliphatic heterocycles. The molecule has 1 atom stereocenters. The van der Waals surface area contributed by atoms with E-state index in [2.05, 4.69) is 6.92 Å². The summed E-state index contributed by atoms with van der Waals surface area (Å²) in [5.41, 5.74) is 0. The highest BCUT2D eigenvalue weighted by Crippen LogP contribution is 2.33. The zero-order chi connectivity index (χ0) is 8.60. The Morgan fingerprint density at radius 2 is 2.00 bits per heavy atom. The predicted molar refractivity (Wildman–Crippen MR) is 48.8 cm³/mol. The molecule has 1 N–H and O–H groups in total. The molecule has 0 amide bonds. The van der Waals surface area contributed by atoms with E-state index in [0.29, 0.717) is 5.92 Å². The molecule has 3 rings (SSSR count). The molecule has 0 saturated carbocycles. The van der Waals surface area contributed by atoms with Crippen molar-refractivity contribution in [2.24, 2.45) is 5.92 Å². The second-order valence-electron chi connectivity index (χ2n) is 4.60. The van der Waals surface area contributed by atoms with Crippen LogP contribution in [0.1, 0.15) is 26.2 Å². The van der Waals surface area contributed by atoms with Gasteiger partial charge in [0.1, 0.15) is 12.6 Å². The molecule has 3 fully saturated rings. The van der Waals surface area contributed by atoms with Crippen molar-refractivity contribution < 1.29 is 9.59 Å². The molecule has 2 nitrogen and oxygen atoms in total. The maximum absolute atomic E-state index is 9.78. The highest BCUT2D eigenvalue weighted by atomic mass is 16.3. The lowest BCUT2D eigenvalue weighted by molar-refractivity contribution is -0.946. The van der Waals surface area contributed by atoms with Crippen LogP contribution < -0.4 is 0 Å². The highest BCUT2D eigenvalue weighted by Gasteiger charge is 2.44. The van der Waals surface area contributed by atoms with E-state index in [9.17, 15) is 5.11 Å². The average molecular weight is 170 g/mol. The zero-order valence-electron chi connectivity index (χ0n) is 8.00. The minimum absolute atomic E-state index is 0.0130. The third kappa shape index (κ3) is 1.27. The van der Waals surface area contributed by atoms with Gasteiger partial charge in [0.15, 0.2) is 0 Å². The molecule has 70 valence electrons. The van der Waals surface area contributed by atoms with Crippen LogP contribution in [0.4, 0.5) is 0 Å². The van der Waals surface area contributed by atoms with Gasteiger partial charge in [0.05, 0.1) is 19.6 Å². The van der Waals surface area contributed by atoms with E-state index < -0.39 is 0 Å². The summed E-state index contributed by atoms with van der Waals surface area (Å²) in [6, 6.07) is 0. The van der Waals surface area contributed by atoms with E-state index in [-0.39, 0.29) is 6.10 Å². The lowest BCUT2D eigenvalue weighted by Gasteiger charge is -2.51. The number of quaternary nitrogens is 1. The monoisotopic (exact) mass is 170 g/mol. The van der Waals surface area contributed by atoms with Gasteiger partial charge in [-0.3, -0.25) is 0 Å². The number of aliphatic hydroxyl groups is 1. The van der Waals surface area contributed by atoms with Crippen molar-refractivity contribution in [3.63, 3.8) is 0 Å². The molecule has 0 aromatic heterocycles. The largest absolute Gasteiger partial charge is 0.387 e. The molecule has 0 radical (unpaired) electrons. The molecular weight excluding hydrogens is 150 g/mol. The fourth-order valence-corrected chi connectivity index (χ4v) is 3.04. The van der Waals surface area contributed by atoms with Gasteiger partial charge >= 0.3 is 0 Å². The maximum Gasteiger partial charge on any atom is 0.106 e. The van der Waals surface area contributed by atoms with E-state index in [1.165, 1.54) is 43.4 Å². The summed E-state index contributed by atoms with van der Waals surface area (Å²) in [6.45, 7) is 7.23. The zero-order valence-corrected chi connectivity index (χ0v) is 8.00. The minimum atomic E-state index is 0.0130. The van der Waals surface area contributed by atoms with Crippen molar-refractivity contribution in [1.29, 1.82) is 0 Å². The Hall–Kier alpha value is -0.0800. The van der Waals surface area contributed by atoms with Gasteiger partial charge in [0, 0.05) is 18.8 Å². The van der Waals surface area contributed by atoms with Crippen molar-refractivity contribution in [2.45, 2.75) is 32.3 Å². The van der Waals surface area contributed by atoms with Crippen molar-refractivity contribution in [3.05, 3.63) is 0 Å². The molecule has 0 unspecified atom stereocenters. The first-order valence-electron chi connectivity index (χ1n) is 5.29. The topological polar surface area (TPSA) is 20.2 Å². The summed E-state index contributed by atoms with van der Waals surface area (Å²) in [5.74, 6) is 0.641. The molecular formula is C10H20NO+. The Labute approximate surface area is 74.8 Å². The third-order valence-electron chi connectivity index (χ3n) is 3.76. The van der Waals surface area contributed by atoms with Crippen LogP contribution in [0.5, 0.6) is 0 Å². The van der Waals surface area contributed by atoms with E-state index in [1.807, 2.05) is 0 Å². The lowest BCUT2D eigenvalue weighted by atomic mass is 9.83. The Bertz CT molecular complexity index is 156. The Morgan fingerprint density at radius 1 is 1.33 bits per heavy atom. The van der Waals surface area contributed by atoms with E-state index in [1.54, 1.807) is 0 Å². The molecule has 3 saturated heterocycles. The molecule has 12 heavy (non-hydrogen) atoms. The predicted octanol–water partition coefficient (Wildman–Crippen LogP) is 0.998. The normalized spacial score (nSPS) is 46.5. The van der Waals surface area contributed by atoms with Crippen LogP contribution in [0.3, 0.4) is 0 Å². The van der Waals surface area contributed by atoms with Gasteiger partial charge in [0.25, 0.3) is 0 Å². The fourth-order valence-electron chi connectivity index (χ4n) is 3.04. The van der Waals surface area contributed by atoms with Crippen molar-refractivity contribution in [1.82, 2.24) is 0 Å². The van der Waals surface area contributed by atoms with Gasteiger partial charge in [-0.15, -0.1) is 0 Å². The molecule has 2 bridgehead atoms. The summed E-state index contributed by atoms with van der Waals surface area (Å²) in [7, 11) is 0. The van der Waals surface area contributed by atoms with E-state index in [0.717, 1.165) is 6.54 Å². The molecule has 0 aromatic rings. The second kappa shape index (κ2) is 3.00. The first-order chi connectivity index (χ1) is 5.76. The van der Waals surface area contributed by atoms with Crippen LogP contribution in [-0.4, -0.2) is 41.9 Å². The SMILES string of the molecule is CCC[N+]12CCC(CC1)[C@H](O)C2. The smallest absolute Gasteiger partial charge is 0.106 e. The molecule has 2 heteroatoms. The van der Waals surface area contributed by atoms with Gasteiger partial charge in [-0.2, -0.15) is 0 Å². The van der Waals surface area contributed by atoms with Gasteiger partial charge in [-0.1, -0.05) is 6.92 Å². The minimum Gasteiger partial charge on any atom is -0.387 e. The summed E-state index contributed by atoms with van der Waals surface area (Å²) >= 11 is 0. The Balaban J connectivity index is 2.05.